The van der Waals surface area contributed by atoms with Gasteiger partial charge in [0.2, 0.25) is 0 Å². The number of furan rings is 1. The molecule has 314 valence electrons. The molecule has 13 rings (SSSR count). The van der Waals surface area contributed by atoms with E-state index in [1.807, 2.05) is 24.3 Å². The van der Waals surface area contributed by atoms with Gasteiger partial charge in [-0.1, -0.05) is 194 Å². The number of nitrogens with zero attached hydrogens (tertiary/aromatic N) is 3. The van der Waals surface area contributed by atoms with Crippen molar-refractivity contribution in [3.8, 4) is 78.7 Å². The molecule has 0 saturated heterocycles. The molecule has 1 aliphatic rings. The van der Waals surface area contributed by atoms with Crippen LogP contribution < -0.4 is 0 Å². The van der Waals surface area contributed by atoms with Crippen LogP contribution in [-0.4, -0.2) is 15.0 Å². The summed E-state index contributed by atoms with van der Waals surface area (Å²) in [6.07, 6.45) is 6.68. The average molecular weight is 856 g/mol. The quantitative estimate of drug-likeness (QED) is 0.160. The third-order valence-corrected chi connectivity index (χ3v) is 13.4. The van der Waals surface area contributed by atoms with E-state index >= 15 is 0 Å². The van der Waals surface area contributed by atoms with E-state index in [1.165, 1.54) is 44.2 Å². The molecule has 4 heteroatoms. The van der Waals surface area contributed by atoms with Crippen molar-refractivity contribution < 1.29 is 4.42 Å². The number of fused-ring (bicyclic) bond motifs is 7. The minimum absolute atomic E-state index is 0.623. The smallest absolute Gasteiger partial charge is 0.164 e. The van der Waals surface area contributed by atoms with Gasteiger partial charge in [-0.15, -0.1) is 0 Å². The van der Waals surface area contributed by atoms with E-state index in [9.17, 15) is 0 Å². The topological polar surface area (TPSA) is 51.8 Å². The second kappa shape index (κ2) is 16.1. The van der Waals surface area contributed by atoms with Crippen molar-refractivity contribution >= 4 is 49.6 Å². The molecule has 0 unspecified atom stereocenters. The molecule has 2 aromatic heterocycles. The third kappa shape index (κ3) is 6.81. The van der Waals surface area contributed by atoms with Crippen LogP contribution in [0.3, 0.4) is 0 Å². The van der Waals surface area contributed by atoms with Crippen LogP contribution in [0, 0.1) is 0 Å². The molecule has 0 bridgehead atoms. The monoisotopic (exact) mass is 855 g/mol. The van der Waals surface area contributed by atoms with Crippen LogP contribution in [0.25, 0.3) is 128 Å². The Labute approximate surface area is 388 Å². The lowest BCUT2D eigenvalue weighted by atomic mass is 9.85. The Balaban J connectivity index is 0.899. The second-order valence-corrected chi connectivity index (χ2v) is 17.4. The average Bonchev–Trinajstić information content (AvgIpc) is 3.79. The van der Waals surface area contributed by atoms with E-state index in [2.05, 4.69) is 200 Å². The van der Waals surface area contributed by atoms with Gasteiger partial charge in [-0.3, -0.25) is 0 Å². The van der Waals surface area contributed by atoms with Gasteiger partial charge in [-0.2, -0.15) is 0 Å². The molecule has 0 fully saturated rings. The van der Waals surface area contributed by atoms with E-state index in [0.29, 0.717) is 17.5 Å². The van der Waals surface area contributed by atoms with E-state index in [1.54, 1.807) is 0 Å². The first-order valence-electron chi connectivity index (χ1n) is 23.0. The highest BCUT2D eigenvalue weighted by molar-refractivity contribution is 6.17. The minimum atomic E-state index is 0.623. The molecule has 67 heavy (non-hydrogen) atoms. The molecule has 0 aliphatic heterocycles. The maximum absolute atomic E-state index is 6.74. The standard InChI is InChI=1S/C63H41N3O/c1-3-14-40(15-4-1)41-26-28-42(29-27-41)43-30-32-45(33-31-43)62-64-61(44-16-5-2-6-17-44)65-63(66-62)55-37-36-53(50-21-10-11-22-51(50)55)54-24-13-25-58-60(54)56-35-34-47(39-59(56)67-58)57-38-46-18-7-8-19-48(46)49-20-9-12-23-52(49)57/h1-11,13-22,24-39H,12,23H2. The molecule has 10 aromatic carbocycles. The summed E-state index contributed by atoms with van der Waals surface area (Å²) in [7, 11) is 0. The molecule has 0 atom stereocenters. The van der Waals surface area contributed by atoms with Crippen molar-refractivity contribution in [1.82, 2.24) is 15.0 Å². The minimum Gasteiger partial charge on any atom is -0.456 e. The highest BCUT2D eigenvalue weighted by Crippen LogP contribution is 2.44. The van der Waals surface area contributed by atoms with Gasteiger partial charge in [0.25, 0.3) is 0 Å². The van der Waals surface area contributed by atoms with Gasteiger partial charge in [0.05, 0.1) is 0 Å². The summed E-state index contributed by atoms with van der Waals surface area (Å²) in [5.74, 6) is 1.87. The molecule has 1 aliphatic carbocycles. The molecule has 0 spiro atoms. The van der Waals surface area contributed by atoms with Gasteiger partial charge >= 0.3 is 0 Å². The van der Waals surface area contributed by atoms with Gasteiger partial charge < -0.3 is 4.42 Å². The Morgan fingerprint density at radius 1 is 0.343 bits per heavy atom. The summed E-state index contributed by atoms with van der Waals surface area (Å²) >= 11 is 0. The molecule has 0 amide bonds. The lowest BCUT2D eigenvalue weighted by Gasteiger charge is -2.19. The Hall–Kier alpha value is -8.73. The van der Waals surface area contributed by atoms with Gasteiger partial charge in [0.15, 0.2) is 17.5 Å². The summed E-state index contributed by atoms with van der Waals surface area (Å²) in [5, 5.41) is 6.94. The summed E-state index contributed by atoms with van der Waals surface area (Å²) in [6.45, 7) is 0. The fraction of sp³-hybridized carbons (Fsp3) is 0.0317. The summed E-state index contributed by atoms with van der Waals surface area (Å²) in [6, 6.07) is 75.1. The van der Waals surface area contributed by atoms with Crippen LogP contribution in [0.1, 0.15) is 17.5 Å². The van der Waals surface area contributed by atoms with Crippen LogP contribution >= 0.6 is 0 Å². The zero-order chi connectivity index (χ0) is 44.3. The fourth-order valence-electron chi connectivity index (χ4n) is 10.2. The van der Waals surface area contributed by atoms with Crippen molar-refractivity contribution in [3.63, 3.8) is 0 Å². The Morgan fingerprint density at radius 2 is 0.896 bits per heavy atom. The van der Waals surface area contributed by atoms with Gasteiger partial charge in [0, 0.05) is 27.5 Å². The molecule has 0 radical (unpaired) electrons. The highest BCUT2D eigenvalue weighted by atomic mass is 16.3. The third-order valence-electron chi connectivity index (χ3n) is 13.4. The van der Waals surface area contributed by atoms with Crippen LogP contribution in [0.4, 0.5) is 0 Å². The Bertz CT molecular complexity index is 3890. The predicted octanol–water partition coefficient (Wildman–Crippen LogP) is 16.7. The van der Waals surface area contributed by atoms with E-state index in [0.717, 1.165) is 84.5 Å². The van der Waals surface area contributed by atoms with E-state index in [-0.39, 0.29) is 0 Å². The lowest BCUT2D eigenvalue weighted by molar-refractivity contribution is 0.669. The van der Waals surface area contributed by atoms with E-state index in [4.69, 9.17) is 19.4 Å². The first-order chi connectivity index (χ1) is 33.2. The fourth-order valence-corrected chi connectivity index (χ4v) is 10.2. The summed E-state index contributed by atoms with van der Waals surface area (Å²) in [4.78, 5) is 15.5. The van der Waals surface area contributed by atoms with Crippen LogP contribution in [0.2, 0.25) is 0 Å². The van der Waals surface area contributed by atoms with Crippen LogP contribution in [0.15, 0.2) is 223 Å². The number of allylic oxidation sites excluding steroid dienone is 1. The number of hydrogen-bond acceptors (Lipinski definition) is 4. The summed E-state index contributed by atoms with van der Waals surface area (Å²) in [5.41, 5.74) is 16.7. The molecular formula is C63H41N3O. The van der Waals surface area contributed by atoms with Gasteiger partial charge in [0.1, 0.15) is 11.2 Å². The molecule has 12 aromatic rings. The molecular weight excluding hydrogens is 815 g/mol. The first kappa shape index (κ1) is 38.7. The van der Waals surface area contributed by atoms with Crippen molar-refractivity contribution in [2.75, 3.05) is 0 Å². The largest absolute Gasteiger partial charge is 0.456 e. The van der Waals surface area contributed by atoms with Crippen molar-refractivity contribution in [2.45, 2.75) is 12.8 Å². The van der Waals surface area contributed by atoms with Gasteiger partial charge in [-0.05, 0) is 120 Å². The number of rotatable bonds is 7. The van der Waals surface area contributed by atoms with Crippen molar-refractivity contribution in [1.29, 1.82) is 0 Å². The Morgan fingerprint density at radius 3 is 1.61 bits per heavy atom. The van der Waals surface area contributed by atoms with Crippen molar-refractivity contribution in [3.05, 3.63) is 230 Å². The zero-order valence-electron chi connectivity index (χ0n) is 36.5. The normalized spacial score (nSPS) is 12.3. The van der Waals surface area contributed by atoms with E-state index < -0.39 is 0 Å². The molecule has 2 heterocycles. The second-order valence-electron chi connectivity index (χ2n) is 17.4. The number of benzene rings is 10. The molecule has 0 N–H and O–H groups in total. The maximum atomic E-state index is 6.74. The maximum Gasteiger partial charge on any atom is 0.164 e. The SMILES string of the molecule is C1=Cc2c(c(-c3ccc4c(c3)oc3cccc(-c5ccc(-c6nc(-c7ccccc7)nc(-c7ccc(-c8ccc(-c9ccccc9)cc8)cc7)n6)c6ccccc56)c34)cc3ccccc23)CC1. The van der Waals surface area contributed by atoms with Crippen LogP contribution in [0.5, 0.6) is 0 Å². The van der Waals surface area contributed by atoms with Crippen molar-refractivity contribution in [2.24, 2.45) is 0 Å². The zero-order valence-corrected chi connectivity index (χ0v) is 36.5. The number of aromatic nitrogens is 3. The molecule has 0 saturated carbocycles. The van der Waals surface area contributed by atoms with Crippen LogP contribution in [-0.2, 0) is 6.42 Å². The highest BCUT2D eigenvalue weighted by Gasteiger charge is 2.21. The summed E-state index contributed by atoms with van der Waals surface area (Å²) < 4.78 is 6.74. The van der Waals surface area contributed by atoms with Gasteiger partial charge in [-0.25, -0.2) is 15.0 Å². The first-order valence-corrected chi connectivity index (χ1v) is 23.0. The Kier molecular flexibility index (Phi) is 9.28. The lowest BCUT2D eigenvalue weighted by Crippen LogP contribution is -2.00. The predicted molar refractivity (Wildman–Crippen MR) is 278 cm³/mol. The number of hydrogen-bond donors (Lipinski definition) is 0. The molecule has 4 nitrogen and oxygen atoms in total.